The molecule has 1 aromatic carbocycles. The summed E-state index contributed by atoms with van der Waals surface area (Å²) in [5.41, 5.74) is -0.650. The van der Waals surface area contributed by atoms with Crippen LogP contribution in [0, 0.1) is 11.6 Å². The molecule has 1 N–H and O–H groups in total. The third-order valence-electron chi connectivity index (χ3n) is 3.98. The fourth-order valence-electron chi connectivity index (χ4n) is 3.03. The number of ether oxygens (including phenoxy) is 2. The molecule has 0 amide bonds. The van der Waals surface area contributed by atoms with E-state index >= 15 is 0 Å². The van der Waals surface area contributed by atoms with Crippen LogP contribution in [-0.2, 0) is 14.3 Å². The van der Waals surface area contributed by atoms with E-state index in [-0.39, 0.29) is 11.1 Å². The molecule has 22 heavy (non-hydrogen) atoms. The maximum atomic E-state index is 14.1. The summed E-state index contributed by atoms with van der Waals surface area (Å²) in [5, 5.41) is 10.4. The van der Waals surface area contributed by atoms with Crippen LogP contribution in [0.2, 0.25) is 0 Å². The average Bonchev–Trinajstić information content (AvgIpc) is 2.69. The lowest BCUT2D eigenvalue weighted by atomic mass is 9.89. The normalized spacial score (nSPS) is 28.9. The Kier molecular flexibility index (Phi) is 3.74. The highest BCUT2D eigenvalue weighted by Gasteiger charge is 2.48. The first kappa shape index (κ1) is 15.1. The summed E-state index contributed by atoms with van der Waals surface area (Å²) in [6.07, 6.45) is 1.67. The highest BCUT2D eigenvalue weighted by molar-refractivity contribution is 6.20. The van der Waals surface area contributed by atoms with Crippen molar-refractivity contribution >= 4 is 11.5 Å². The molecule has 2 aliphatic heterocycles. The van der Waals surface area contributed by atoms with Crippen molar-refractivity contribution in [3.63, 3.8) is 0 Å². The number of aliphatic hydroxyl groups is 1. The van der Waals surface area contributed by atoms with E-state index in [1.807, 2.05) is 0 Å². The van der Waals surface area contributed by atoms with Crippen LogP contribution >= 0.6 is 0 Å². The van der Waals surface area contributed by atoms with E-state index in [4.69, 9.17) is 9.47 Å². The van der Waals surface area contributed by atoms with Crippen molar-refractivity contribution < 1.29 is 28.2 Å². The first-order chi connectivity index (χ1) is 10.4. The maximum absolute atomic E-state index is 14.1. The van der Waals surface area contributed by atoms with Gasteiger partial charge in [0.1, 0.15) is 11.6 Å². The number of hydrogen-bond donors (Lipinski definition) is 1. The SMILES string of the molecule is CC1(O)OC(=O)C(c2c(F)cccc2F)=C1C1CCCCO1. The first-order valence-electron chi connectivity index (χ1n) is 7.18. The molecule has 2 unspecified atom stereocenters. The van der Waals surface area contributed by atoms with Crippen molar-refractivity contribution in [3.05, 3.63) is 41.0 Å². The summed E-state index contributed by atoms with van der Waals surface area (Å²) in [6.45, 7) is 1.75. The fourth-order valence-corrected chi connectivity index (χ4v) is 3.03. The number of carbonyl (C=O) groups excluding carboxylic acids is 1. The second kappa shape index (κ2) is 5.44. The monoisotopic (exact) mass is 310 g/mol. The minimum Gasteiger partial charge on any atom is -0.426 e. The molecule has 3 rings (SSSR count). The number of halogens is 2. The van der Waals surface area contributed by atoms with E-state index in [1.54, 1.807) is 0 Å². The van der Waals surface area contributed by atoms with Crippen LogP contribution < -0.4 is 0 Å². The largest absolute Gasteiger partial charge is 0.426 e. The Morgan fingerprint density at radius 2 is 1.95 bits per heavy atom. The van der Waals surface area contributed by atoms with Crippen molar-refractivity contribution in [1.82, 2.24) is 0 Å². The predicted octanol–water partition coefficient (Wildman–Crippen LogP) is 2.55. The smallest absolute Gasteiger partial charge is 0.342 e. The molecular weight excluding hydrogens is 294 g/mol. The lowest BCUT2D eigenvalue weighted by Gasteiger charge is -2.29. The Morgan fingerprint density at radius 1 is 1.27 bits per heavy atom. The Morgan fingerprint density at radius 3 is 2.55 bits per heavy atom. The molecule has 118 valence electrons. The molecule has 0 radical (unpaired) electrons. The lowest BCUT2D eigenvalue weighted by Crippen LogP contribution is -2.35. The molecule has 0 aliphatic carbocycles. The molecule has 2 aliphatic rings. The van der Waals surface area contributed by atoms with Crippen LogP contribution in [0.4, 0.5) is 8.78 Å². The van der Waals surface area contributed by atoms with E-state index in [2.05, 4.69) is 0 Å². The summed E-state index contributed by atoms with van der Waals surface area (Å²) in [6, 6.07) is 3.33. The molecule has 0 aromatic heterocycles. The summed E-state index contributed by atoms with van der Waals surface area (Å²) in [7, 11) is 0. The van der Waals surface area contributed by atoms with E-state index < -0.39 is 35.1 Å². The molecule has 2 heterocycles. The van der Waals surface area contributed by atoms with Gasteiger partial charge >= 0.3 is 5.97 Å². The molecule has 1 aromatic rings. The van der Waals surface area contributed by atoms with Gasteiger partial charge in [0, 0.05) is 19.1 Å². The third-order valence-corrected chi connectivity index (χ3v) is 3.98. The van der Waals surface area contributed by atoms with Crippen molar-refractivity contribution in [3.8, 4) is 0 Å². The molecular formula is C16H16F2O4. The average molecular weight is 310 g/mol. The predicted molar refractivity (Wildman–Crippen MR) is 73.6 cm³/mol. The van der Waals surface area contributed by atoms with Gasteiger partial charge in [0.05, 0.1) is 17.2 Å². The fraction of sp³-hybridized carbons (Fsp3) is 0.438. The van der Waals surface area contributed by atoms with Gasteiger partial charge in [-0.2, -0.15) is 0 Å². The van der Waals surface area contributed by atoms with Crippen molar-refractivity contribution in [2.45, 2.75) is 38.1 Å². The van der Waals surface area contributed by atoms with Gasteiger partial charge < -0.3 is 14.6 Å². The topological polar surface area (TPSA) is 55.8 Å². The van der Waals surface area contributed by atoms with Gasteiger partial charge in [0.2, 0.25) is 5.79 Å². The zero-order chi connectivity index (χ0) is 15.9. The van der Waals surface area contributed by atoms with Gasteiger partial charge in [-0.25, -0.2) is 13.6 Å². The zero-order valence-corrected chi connectivity index (χ0v) is 12.1. The van der Waals surface area contributed by atoms with Gasteiger partial charge in [-0.15, -0.1) is 0 Å². The van der Waals surface area contributed by atoms with Crippen LogP contribution in [0.1, 0.15) is 31.7 Å². The Labute approximate surface area is 126 Å². The highest BCUT2D eigenvalue weighted by Crippen LogP contribution is 2.42. The maximum Gasteiger partial charge on any atom is 0.342 e. The summed E-state index contributed by atoms with van der Waals surface area (Å²) >= 11 is 0. The lowest BCUT2D eigenvalue weighted by molar-refractivity contribution is -0.178. The van der Waals surface area contributed by atoms with E-state index in [0.717, 1.165) is 25.0 Å². The van der Waals surface area contributed by atoms with Crippen LogP contribution in [-0.4, -0.2) is 29.6 Å². The molecule has 0 bridgehead atoms. The summed E-state index contributed by atoms with van der Waals surface area (Å²) in [5.74, 6) is -4.63. The van der Waals surface area contributed by atoms with E-state index in [0.29, 0.717) is 13.0 Å². The summed E-state index contributed by atoms with van der Waals surface area (Å²) in [4.78, 5) is 12.1. The third kappa shape index (κ3) is 2.42. The van der Waals surface area contributed by atoms with Crippen molar-refractivity contribution in [2.75, 3.05) is 6.61 Å². The second-order valence-corrected chi connectivity index (χ2v) is 5.61. The standard InChI is InChI=1S/C16H16F2O4/c1-16(20)14(11-7-2-3-8-21-11)13(15(19)22-16)12-9(17)5-4-6-10(12)18/h4-6,11,20H,2-3,7-8H2,1H3. The number of cyclic esters (lactones) is 1. The van der Waals surface area contributed by atoms with Gasteiger partial charge in [-0.1, -0.05) is 6.07 Å². The number of benzene rings is 1. The minimum atomic E-state index is -1.93. The van der Waals surface area contributed by atoms with Crippen molar-refractivity contribution in [2.24, 2.45) is 0 Å². The van der Waals surface area contributed by atoms with Crippen LogP contribution in [0.25, 0.3) is 5.57 Å². The number of carbonyl (C=O) groups is 1. The highest BCUT2D eigenvalue weighted by atomic mass is 19.1. The number of rotatable bonds is 2. The second-order valence-electron chi connectivity index (χ2n) is 5.61. The summed E-state index contributed by atoms with van der Waals surface area (Å²) < 4.78 is 38.6. The number of hydrogen-bond acceptors (Lipinski definition) is 4. The van der Waals surface area contributed by atoms with Gasteiger partial charge in [-0.3, -0.25) is 0 Å². The molecule has 1 saturated heterocycles. The van der Waals surface area contributed by atoms with E-state index in [9.17, 15) is 18.7 Å². The van der Waals surface area contributed by atoms with Crippen molar-refractivity contribution in [1.29, 1.82) is 0 Å². The Balaban J connectivity index is 2.20. The molecule has 2 atom stereocenters. The van der Waals surface area contributed by atoms with Crippen LogP contribution in [0.3, 0.4) is 0 Å². The molecule has 0 spiro atoms. The Bertz CT molecular complexity index is 625. The van der Waals surface area contributed by atoms with Crippen LogP contribution in [0.15, 0.2) is 23.8 Å². The molecule has 0 saturated carbocycles. The van der Waals surface area contributed by atoms with E-state index in [1.165, 1.54) is 13.0 Å². The number of esters is 1. The Hall–Kier alpha value is -1.79. The molecule has 1 fully saturated rings. The quantitative estimate of drug-likeness (QED) is 0.853. The zero-order valence-electron chi connectivity index (χ0n) is 12.1. The van der Waals surface area contributed by atoms with Gasteiger partial charge in [0.15, 0.2) is 0 Å². The molecule has 4 nitrogen and oxygen atoms in total. The molecule has 6 heteroatoms. The van der Waals surface area contributed by atoms with Gasteiger partial charge in [-0.05, 0) is 31.4 Å². The van der Waals surface area contributed by atoms with Crippen LogP contribution in [0.5, 0.6) is 0 Å². The minimum absolute atomic E-state index is 0.0983. The first-order valence-corrected chi connectivity index (χ1v) is 7.18. The van der Waals surface area contributed by atoms with Gasteiger partial charge in [0.25, 0.3) is 0 Å².